The number of rotatable bonds is 8. The van der Waals surface area contributed by atoms with Gasteiger partial charge in [0.05, 0.1) is 0 Å². The second-order valence-corrected chi connectivity index (χ2v) is 11.7. The van der Waals surface area contributed by atoms with Crippen LogP contribution in [0.2, 0.25) is 0 Å². The maximum absolute atomic E-state index is 15.0. The molecule has 188 valence electrons. The molecule has 2 saturated carbocycles. The SMILES string of the molecule is CCCC1CCC(/C=C/CCc2ccc(C3=CCC(C4CCC(C)CC4)CC3)c(F)c2F)CC1. The van der Waals surface area contributed by atoms with Crippen molar-refractivity contribution < 1.29 is 8.78 Å². The Balaban J connectivity index is 1.28. The number of benzene rings is 1. The summed E-state index contributed by atoms with van der Waals surface area (Å²) < 4.78 is 29.9. The minimum atomic E-state index is -0.632. The molecule has 1 aromatic carbocycles. The predicted octanol–water partition coefficient (Wildman–Crippen LogP) is 10.1. The zero-order valence-corrected chi connectivity index (χ0v) is 21.6. The van der Waals surface area contributed by atoms with Gasteiger partial charge in [0.15, 0.2) is 11.6 Å². The van der Waals surface area contributed by atoms with Gasteiger partial charge in [0.25, 0.3) is 0 Å². The fraction of sp³-hybridized carbons (Fsp3) is 0.688. The summed E-state index contributed by atoms with van der Waals surface area (Å²) in [5.41, 5.74) is 2.03. The molecule has 0 N–H and O–H groups in total. The molecule has 0 aliphatic heterocycles. The number of aryl methyl sites for hydroxylation is 1. The quantitative estimate of drug-likeness (QED) is 0.333. The monoisotopic (exact) mass is 468 g/mol. The number of hydrogen-bond donors (Lipinski definition) is 0. The normalized spacial score (nSPS) is 30.5. The first kappa shape index (κ1) is 25.6. The molecular weight excluding hydrogens is 422 g/mol. The standard InChI is InChI=1S/C32H46F2/c1-3-6-24-11-13-25(14-12-24)7-4-5-8-29-21-22-30(32(34)31(29)33)28-19-17-27(18-20-28)26-15-9-23(2)10-16-26/h4,7,19,21-27H,3,5-6,8-18,20H2,1-2H3/b7-4+. The highest BCUT2D eigenvalue weighted by Crippen LogP contribution is 2.41. The van der Waals surface area contributed by atoms with E-state index in [0.29, 0.717) is 23.5 Å². The lowest BCUT2D eigenvalue weighted by atomic mass is 9.71. The topological polar surface area (TPSA) is 0 Å². The molecule has 0 saturated heterocycles. The molecule has 2 heteroatoms. The van der Waals surface area contributed by atoms with Crippen molar-refractivity contribution in [2.24, 2.45) is 29.6 Å². The predicted molar refractivity (Wildman–Crippen MR) is 141 cm³/mol. The van der Waals surface area contributed by atoms with Crippen molar-refractivity contribution in [3.05, 3.63) is 53.1 Å². The van der Waals surface area contributed by atoms with Crippen molar-refractivity contribution in [2.45, 2.75) is 110 Å². The molecule has 1 unspecified atom stereocenters. The Kier molecular flexibility index (Phi) is 9.43. The van der Waals surface area contributed by atoms with Gasteiger partial charge in [0.1, 0.15) is 0 Å². The van der Waals surface area contributed by atoms with Crippen LogP contribution in [0.4, 0.5) is 8.78 Å². The van der Waals surface area contributed by atoms with E-state index in [0.717, 1.165) is 54.9 Å². The lowest BCUT2D eigenvalue weighted by Gasteiger charge is -2.34. The second kappa shape index (κ2) is 12.5. The Morgan fingerprint density at radius 3 is 2.32 bits per heavy atom. The smallest absolute Gasteiger partial charge is 0.166 e. The third-order valence-corrected chi connectivity index (χ3v) is 9.26. The van der Waals surface area contributed by atoms with E-state index < -0.39 is 11.6 Å². The molecule has 4 rings (SSSR count). The molecule has 2 fully saturated rings. The molecule has 0 bridgehead atoms. The number of hydrogen-bond acceptors (Lipinski definition) is 0. The highest BCUT2D eigenvalue weighted by atomic mass is 19.2. The largest absolute Gasteiger partial charge is 0.203 e. The van der Waals surface area contributed by atoms with Gasteiger partial charge in [-0.25, -0.2) is 8.78 Å². The van der Waals surface area contributed by atoms with E-state index >= 15 is 4.39 Å². The highest BCUT2D eigenvalue weighted by Gasteiger charge is 2.28. The van der Waals surface area contributed by atoms with Gasteiger partial charge >= 0.3 is 0 Å². The van der Waals surface area contributed by atoms with Crippen molar-refractivity contribution in [1.82, 2.24) is 0 Å². The van der Waals surface area contributed by atoms with Gasteiger partial charge in [-0.05, 0) is 111 Å². The van der Waals surface area contributed by atoms with E-state index in [-0.39, 0.29) is 0 Å². The van der Waals surface area contributed by atoms with Gasteiger partial charge in [-0.2, -0.15) is 0 Å². The molecule has 0 radical (unpaired) electrons. The van der Waals surface area contributed by atoms with Gasteiger partial charge in [0.2, 0.25) is 0 Å². The van der Waals surface area contributed by atoms with Crippen LogP contribution in [0, 0.1) is 41.2 Å². The van der Waals surface area contributed by atoms with E-state index in [2.05, 4.69) is 32.1 Å². The summed E-state index contributed by atoms with van der Waals surface area (Å²) in [5, 5.41) is 0. The van der Waals surface area contributed by atoms with Gasteiger partial charge in [-0.15, -0.1) is 0 Å². The zero-order valence-electron chi connectivity index (χ0n) is 21.6. The summed E-state index contributed by atoms with van der Waals surface area (Å²) in [7, 11) is 0. The van der Waals surface area contributed by atoms with E-state index in [1.807, 2.05) is 12.1 Å². The minimum Gasteiger partial charge on any atom is -0.203 e. The average molecular weight is 469 g/mol. The molecule has 0 aromatic heterocycles. The molecule has 1 aromatic rings. The van der Waals surface area contributed by atoms with Gasteiger partial charge < -0.3 is 0 Å². The first-order valence-electron chi connectivity index (χ1n) is 14.4. The van der Waals surface area contributed by atoms with Crippen molar-refractivity contribution >= 4 is 5.57 Å². The van der Waals surface area contributed by atoms with E-state index in [4.69, 9.17) is 0 Å². The highest BCUT2D eigenvalue weighted by molar-refractivity contribution is 5.67. The molecule has 3 aliphatic carbocycles. The summed E-state index contributed by atoms with van der Waals surface area (Å²) >= 11 is 0. The maximum Gasteiger partial charge on any atom is 0.166 e. The summed E-state index contributed by atoms with van der Waals surface area (Å²) in [4.78, 5) is 0. The average Bonchev–Trinajstić information content (AvgIpc) is 2.86. The number of halogens is 2. The zero-order chi connectivity index (χ0) is 23.9. The lowest BCUT2D eigenvalue weighted by molar-refractivity contribution is 0.202. The van der Waals surface area contributed by atoms with Crippen LogP contribution < -0.4 is 0 Å². The van der Waals surface area contributed by atoms with Crippen LogP contribution in [0.15, 0.2) is 30.4 Å². The van der Waals surface area contributed by atoms with Crippen molar-refractivity contribution in [1.29, 1.82) is 0 Å². The number of allylic oxidation sites excluding steroid dienone is 4. The third kappa shape index (κ3) is 6.61. The first-order chi connectivity index (χ1) is 16.5. The maximum atomic E-state index is 15.0. The van der Waals surface area contributed by atoms with Crippen molar-refractivity contribution in [2.75, 3.05) is 0 Å². The Labute approximate surface area is 207 Å². The minimum absolute atomic E-state index is 0.497. The summed E-state index contributed by atoms with van der Waals surface area (Å²) in [5.74, 6) is 2.78. The van der Waals surface area contributed by atoms with Crippen LogP contribution in [0.1, 0.15) is 115 Å². The molecule has 3 aliphatic rings. The first-order valence-corrected chi connectivity index (χ1v) is 14.4. The van der Waals surface area contributed by atoms with E-state index in [1.54, 1.807) is 0 Å². The molecule has 34 heavy (non-hydrogen) atoms. The molecule has 0 nitrogen and oxygen atoms in total. The van der Waals surface area contributed by atoms with Gasteiger partial charge in [-0.3, -0.25) is 0 Å². The fourth-order valence-corrected chi connectivity index (χ4v) is 6.92. The summed E-state index contributed by atoms with van der Waals surface area (Å²) in [6.07, 6.45) is 24.5. The van der Waals surface area contributed by atoms with Crippen LogP contribution in [-0.2, 0) is 6.42 Å². The van der Waals surface area contributed by atoms with Crippen LogP contribution in [0.3, 0.4) is 0 Å². The van der Waals surface area contributed by atoms with Gasteiger partial charge in [-0.1, -0.05) is 69.9 Å². The van der Waals surface area contributed by atoms with Gasteiger partial charge in [0, 0.05) is 5.56 Å². The Morgan fingerprint density at radius 2 is 1.65 bits per heavy atom. The van der Waals surface area contributed by atoms with Crippen molar-refractivity contribution in [3.8, 4) is 0 Å². The molecule has 0 amide bonds. The molecular formula is C32H46F2. The second-order valence-electron chi connectivity index (χ2n) is 11.7. The fourth-order valence-electron chi connectivity index (χ4n) is 6.92. The summed E-state index contributed by atoms with van der Waals surface area (Å²) in [6, 6.07) is 3.66. The van der Waals surface area contributed by atoms with Crippen LogP contribution in [0.25, 0.3) is 5.57 Å². The third-order valence-electron chi connectivity index (χ3n) is 9.26. The summed E-state index contributed by atoms with van der Waals surface area (Å²) in [6.45, 7) is 4.64. The lowest BCUT2D eigenvalue weighted by Crippen LogP contribution is -2.22. The van der Waals surface area contributed by atoms with E-state index in [1.165, 1.54) is 64.2 Å². The van der Waals surface area contributed by atoms with Crippen LogP contribution in [0.5, 0.6) is 0 Å². The van der Waals surface area contributed by atoms with E-state index in [9.17, 15) is 4.39 Å². The Hall–Kier alpha value is -1.44. The molecule has 1 atom stereocenters. The Morgan fingerprint density at radius 1 is 0.882 bits per heavy atom. The van der Waals surface area contributed by atoms with Crippen molar-refractivity contribution in [3.63, 3.8) is 0 Å². The Bertz CT molecular complexity index is 835. The van der Waals surface area contributed by atoms with Crippen LogP contribution >= 0.6 is 0 Å². The van der Waals surface area contributed by atoms with Crippen LogP contribution in [-0.4, -0.2) is 0 Å². The molecule has 0 heterocycles. The molecule has 0 spiro atoms.